The molecule has 0 bridgehead atoms. The van der Waals surface area contributed by atoms with Crippen LogP contribution in [-0.4, -0.2) is 36.3 Å². The van der Waals surface area contributed by atoms with Gasteiger partial charge in [0.25, 0.3) is 0 Å². The van der Waals surface area contributed by atoms with Crippen molar-refractivity contribution in [3.05, 3.63) is 34.9 Å². The lowest BCUT2D eigenvalue weighted by atomic mass is 10.1. The lowest BCUT2D eigenvalue weighted by Gasteiger charge is -2.20. The smallest absolute Gasteiger partial charge is 0.226 e. The van der Waals surface area contributed by atoms with Crippen LogP contribution in [0.15, 0.2) is 24.3 Å². The Morgan fingerprint density at radius 2 is 1.71 bits per heavy atom. The first kappa shape index (κ1) is 17.3. The van der Waals surface area contributed by atoms with Gasteiger partial charge in [0.1, 0.15) is 0 Å². The molecule has 3 rings (SSSR count). The van der Waals surface area contributed by atoms with E-state index in [2.05, 4.69) is 5.32 Å². The summed E-state index contributed by atoms with van der Waals surface area (Å²) < 4.78 is 0. The molecular formula is C19H25ClN2O2. The van der Waals surface area contributed by atoms with Crippen molar-refractivity contribution in [2.24, 2.45) is 11.8 Å². The molecule has 0 spiro atoms. The number of amides is 2. The zero-order valence-electron chi connectivity index (χ0n) is 14.0. The van der Waals surface area contributed by atoms with Crippen molar-refractivity contribution in [3.8, 4) is 0 Å². The summed E-state index contributed by atoms with van der Waals surface area (Å²) in [6.07, 6.45) is 6.10. The van der Waals surface area contributed by atoms with Crippen molar-refractivity contribution < 1.29 is 9.59 Å². The number of halogens is 1. The molecule has 2 unspecified atom stereocenters. The fraction of sp³-hybridized carbons (Fsp3) is 0.579. The number of nitrogens with one attached hydrogen (secondary N) is 1. The standard InChI is InChI=1S/C19H25ClN2O2/c20-15-7-5-14(6-8-15)9-10-21-18(23)16-13-17(16)19(24)22-11-3-1-2-4-12-22/h5-8,16-17H,1-4,9-13H2,(H,21,23). The largest absolute Gasteiger partial charge is 0.356 e. The second-order valence-corrected chi connectivity index (χ2v) is 7.29. The average molecular weight is 349 g/mol. The van der Waals surface area contributed by atoms with Crippen LogP contribution in [0.25, 0.3) is 0 Å². The summed E-state index contributed by atoms with van der Waals surface area (Å²) in [5, 5.41) is 3.68. The Balaban J connectivity index is 1.40. The molecule has 2 aliphatic rings. The van der Waals surface area contributed by atoms with Crippen LogP contribution in [0, 0.1) is 11.8 Å². The third kappa shape index (κ3) is 4.50. The molecule has 130 valence electrons. The van der Waals surface area contributed by atoms with Gasteiger partial charge in [-0.05, 0) is 43.4 Å². The lowest BCUT2D eigenvalue weighted by Crippen LogP contribution is -2.35. The van der Waals surface area contributed by atoms with Crippen molar-refractivity contribution in [2.75, 3.05) is 19.6 Å². The van der Waals surface area contributed by atoms with E-state index >= 15 is 0 Å². The second-order valence-electron chi connectivity index (χ2n) is 6.86. The van der Waals surface area contributed by atoms with Crippen molar-refractivity contribution in [2.45, 2.75) is 38.5 Å². The van der Waals surface area contributed by atoms with Crippen LogP contribution < -0.4 is 5.32 Å². The summed E-state index contributed by atoms with van der Waals surface area (Å²) in [5.74, 6) is 0.0106. The first-order valence-corrected chi connectivity index (χ1v) is 9.34. The summed E-state index contributed by atoms with van der Waals surface area (Å²) in [5.41, 5.74) is 1.15. The van der Waals surface area contributed by atoms with Crippen LogP contribution in [0.1, 0.15) is 37.7 Å². The normalized spacial score (nSPS) is 23.5. The predicted molar refractivity (Wildman–Crippen MR) is 94.8 cm³/mol. The number of hydrogen-bond acceptors (Lipinski definition) is 2. The Hall–Kier alpha value is -1.55. The van der Waals surface area contributed by atoms with Crippen molar-refractivity contribution in [3.63, 3.8) is 0 Å². The Morgan fingerprint density at radius 1 is 1.04 bits per heavy atom. The molecule has 0 aromatic heterocycles. The Bertz CT molecular complexity index is 580. The van der Waals surface area contributed by atoms with Gasteiger partial charge < -0.3 is 10.2 Å². The van der Waals surface area contributed by atoms with Gasteiger partial charge in [-0.25, -0.2) is 0 Å². The van der Waals surface area contributed by atoms with Gasteiger partial charge in [0.15, 0.2) is 0 Å². The number of likely N-dealkylation sites (tertiary alicyclic amines) is 1. The number of benzene rings is 1. The highest BCUT2D eigenvalue weighted by atomic mass is 35.5. The van der Waals surface area contributed by atoms with Crippen LogP contribution in [-0.2, 0) is 16.0 Å². The van der Waals surface area contributed by atoms with Gasteiger partial charge >= 0.3 is 0 Å². The van der Waals surface area contributed by atoms with E-state index in [0.717, 1.165) is 42.9 Å². The number of nitrogens with zero attached hydrogens (tertiary/aromatic N) is 1. The maximum absolute atomic E-state index is 12.5. The molecule has 5 heteroatoms. The zero-order valence-corrected chi connectivity index (χ0v) is 14.7. The lowest BCUT2D eigenvalue weighted by molar-refractivity contribution is -0.134. The van der Waals surface area contributed by atoms with E-state index in [1.54, 1.807) is 0 Å². The van der Waals surface area contributed by atoms with Gasteiger partial charge in [0, 0.05) is 24.7 Å². The SMILES string of the molecule is O=C(NCCc1ccc(Cl)cc1)C1CC1C(=O)N1CCCCCC1. The molecule has 0 radical (unpaired) electrons. The molecule has 2 amide bonds. The monoisotopic (exact) mass is 348 g/mol. The van der Waals surface area contributed by atoms with E-state index in [1.807, 2.05) is 29.2 Å². The molecule has 2 atom stereocenters. The van der Waals surface area contributed by atoms with Crippen LogP contribution in [0.3, 0.4) is 0 Å². The molecule has 1 aliphatic carbocycles. The van der Waals surface area contributed by atoms with E-state index < -0.39 is 0 Å². The molecule has 1 heterocycles. The van der Waals surface area contributed by atoms with Gasteiger partial charge in [-0.3, -0.25) is 9.59 Å². The Morgan fingerprint density at radius 3 is 2.38 bits per heavy atom. The average Bonchev–Trinajstić information content (AvgIpc) is 3.40. The van der Waals surface area contributed by atoms with Gasteiger partial charge in [-0.15, -0.1) is 0 Å². The summed E-state index contributed by atoms with van der Waals surface area (Å²) in [6.45, 7) is 2.32. The minimum Gasteiger partial charge on any atom is -0.356 e. The molecule has 1 aromatic rings. The van der Waals surface area contributed by atoms with Crippen LogP contribution in [0.4, 0.5) is 0 Å². The highest BCUT2D eigenvalue weighted by Gasteiger charge is 2.49. The topological polar surface area (TPSA) is 49.4 Å². The third-order valence-corrected chi connectivity index (χ3v) is 5.24. The summed E-state index contributed by atoms with van der Waals surface area (Å²) >= 11 is 5.86. The zero-order chi connectivity index (χ0) is 16.9. The molecule has 1 saturated heterocycles. The summed E-state index contributed by atoms with van der Waals surface area (Å²) in [6, 6.07) is 7.65. The number of carbonyl (C=O) groups excluding carboxylic acids is 2. The summed E-state index contributed by atoms with van der Waals surface area (Å²) in [7, 11) is 0. The third-order valence-electron chi connectivity index (χ3n) is 4.99. The first-order valence-electron chi connectivity index (χ1n) is 8.96. The van der Waals surface area contributed by atoms with Crippen molar-refractivity contribution >= 4 is 23.4 Å². The highest BCUT2D eigenvalue weighted by molar-refractivity contribution is 6.30. The number of rotatable bonds is 5. The van der Waals surface area contributed by atoms with E-state index in [0.29, 0.717) is 13.0 Å². The molecule has 1 aromatic carbocycles. The van der Waals surface area contributed by atoms with E-state index in [4.69, 9.17) is 11.6 Å². The van der Waals surface area contributed by atoms with E-state index in [9.17, 15) is 9.59 Å². The Kier molecular flexibility index (Phi) is 5.77. The predicted octanol–water partition coefficient (Wildman–Crippen LogP) is 3.04. The molecule has 1 saturated carbocycles. The van der Waals surface area contributed by atoms with Crippen molar-refractivity contribution in [1.82, 2.24) is 10.2 Å². The molecular weight excluding hydrogens is 324 g/mol. The van der Waals surface area contributed by atoms with Crippen molar-refractivity contribution in [1.29, 1.82) is 0 Å². The highest BCUT2D eigenvalue weighted by Crippen LogP contribution is 2.40. The maximum Gasteiger partial charge on any atom is 0.226 e. The maximum atomic E-state index is 12.5. The molecule has 1 aliphatic heterocycles. The van der Waals surface area contributed by atoms with Crippen LogP contribution >= 0.6 is 11.6 Å². The fourth-order valence-corrected chi connectivity index (χ4v) is 3.52. The van der Waals surface area contributed by atoms with Gasteiger partial charge in [0.2, 0.25) is 11.8 Å². The molecule has 4 nitrogen and oxygen atoms in total. The molecule has 1 N–H and O–H groups in total. The van der Waals surface area contributed by atoms with Gasteiger partial charge in [0.05, 0.1) is 11.8 Å². The van der Waals surface area contributed by atoms with Gasteiger partial charge in [-0.2, -0.15) is 0 Å². The minimum absolute atomic E-state index is 0.0251. The van der Waals surface area contributed by atoms with Crippen LogP contribution in [0.5, 0.6) is 0 Å². The molecule has 24 heavy (non-hydrogen) atoms. The Labute approximate surface area is 148 Å². The van der Waals surface area contributed by atoms with E-state index in [1.165, 1.54) is 12.8 Å². The first-order chi connectivity index (χ1) is 11.6. The second kappa shape index (κ2) is 8.02. The number of hydrogen-bond donors (Lipinski definition) is 1. The van der Waals surface area contributed by atoms with Crippen LogP contribution in [0.2, 0.25) is 5.02 Å². The van der Waals surface area contributed by atoms with Gasteiger partial charge in [-0.1, -0.05) is 36.6 Å². The fourth-order valence-electron chi connectivity index (χ4n) is 3.40. The van der Waals surface area contributed by atoms with E-state index in [-0.39, 0.29) is 23.7 Å². The quantitative estimate of drug-likeness (QED) is 0.889. The summed E-state index contributed by atoms with van der Waals surface area (Å²) in [4.78, 5) is 26.7. The number of carbonyl (C=O) groups is 2. The minimum atomic E-state index is -0.119. The molecule has 2 fully saturated rings.